The minimum absolute atomic E-state index is 0.0663. The number of carbonyl (C=O) groups excluding carboxylic acids is 3. The molecule has 0 aromatic heterocycles. The number of aliphatic hydroxyl groups excluding tert-OH is 1. The van der Waals surface area contributed by atoms with E-state index in [2.05, 4.69) is 0 Å². The monoisotopic (exact) mass is 480 g/mol. The van der Waals surface area contributed by atoms with E-state index in [-0.39, 0.29) is 36.3 Å². The van der Waals surface area contributed by atoms with Gasteiger partial charge in [-0.3, -0.25) is 9.59 Å². The van der Waals surface area contributed by atoms with Gasteiger partial charge >= 0.3 is 5.97 Å². The van der Waals surface area contributed by atoms with Crippen molar-refractivity contribution >= 4 is 17.5 Å². The highest BCUT2D eigenvalue weighted by atomic mass is 16.5. The first-order valence-electron chi connectivity index (χ1n) is 11.7. The first kappa shape index (κ1) is 26.2. The van der Waals surface area contributed by atoms with Crippen LogP contribution in [0.1, 0.15) is 38.2 Å². The lowest BCUT2D eigenvalue weighted by atomic mass is 9.76. The van der Waals surface area contributed by atoms with Gasteiger partial charge in [0.1, 0.15) is 11.5 Å². The molecule has 1 N–H and O–H groups in total. The fraction of sp³-hybridized carbons (Fsp3) is 0.393. The lowest BCUT2D eigenvalue weighted by Gasteiger charge is -2.26. The summed E-state index contributed by atoms with van der Waals surface area (Å²) in [5, 5.41) is 10.1. The van der Waals surface area contributed by atoms with E-state index in [4.69, 9.17) is 14.2 Å². The van der Waals surface area contributed by atoms with E-state index in [0.29, 0.717) is 32.5 Å². The molecule has 0 bridgehead atoms. The van der Waals surface area contributed by atoms with Gasteiger partial charge in [-0.15, -0.1) is 0 Å². The lowest BCUT2D eigenvalue weighted by Crippen LogP contribution is -2.28. The molecule has 7 heteroatoms. The first-order valence-corrected chi connectivity index (χ1v) is 11.7. The van der Waals surface area contributed by atoms with Crippen LogP contribution in [0.25, 0.3) is 0 Å². The Morgan fingerprint density at radius 2 is 1.83 bits per heavy atom. The number of allylic oxidation sites excluding steroid dienone is 5. The predicted octanol–water partition coefficient (Wildman–Crippen LogP) is 4.58. The largest absolute Gasteiger partial charge is 0.508 e. The Balaban J connectivity index is 1.69. The number of hydrogen-bond acceptors (Lipinski definition) is 7. The SMILES string of the molecule is COc1ccc(COCC/C2=C\C(=O)C[C@@H]3C(=O)C=C(C)C[C@H]3/C=C/C(O)=C\C(=O)OCC2)cc1. The second kappa shape index (κ2) is 12.9. The van der Waals surface area contributed by atoms with Gasteiger partial charge in [0, 0.05) is 18.8 Å². The van der Waals surface area contributed by atoms with Crippen molar-refractivity contribution < 1.29 is 33.7 Å². The average Bonchev–Trinajstić information content (AvgIpc) is 2.82. The zero-order valence-corrected chi connectivity index (χ0v) is 20.2. The molecule has 2 aliphatic rings. The molecule has 7 nitrogen and oxygen atoms in total. The van der Waals surface area contributed by atoms with Crippen LogP contribution in [-0.4, -0.2) is 43.0 Å². The number of aliphatic hydroxyl groups is 1. The van der Waals surface area contributed by atoms with Crippen molar-refractivity contribution in [3.05, 3.63) is 77.1 Å². The third-order valence-corrected chi connectivity index (χ3v) is 6.06. The van der Waals surface area contributed by atoms with Gasteiger partial charge in [-0.1, -0.05) is 29.4 Å². The van der Waals surface area contributed by atoms with Crippen LogP contribution in [0.15, 0.2) is 71.6 Å². The van der Waals surface area contributed by atoms with Crippen molar-refractivity contribution in [1.29, 1.82) is 0 Å². The van der Waals surface area contributed by atoms with Crippen LogP contribution >= 0.6 is 0 Å². The van der Waals surface area contributed by atoms with Crippen molar-refractivity contribution in [1.82, 2.24) is 0 Å². The summed E-state index contributed by atoms with van der Waals surface area (Å²) in [6, 6.07) is 7.58. The first-order chi connectivity index (χ1) is 16.8. The molecule has 0 fully saturated rings. The molecule has 0 saturated carbocycles. The number of esters is 1. The summed E-state index contributed by atoms with van der Waals surface area (Å²) < 4.78 is 16.1. The number of cyclic esters (lactones) is 1. The number of ketones is 2. The standard InChI is InChI=1S/C28H32O7/c1-19-13-22-5-6-23(29)17-28(32)35-12-10-20(15-24(30)16-26(22)27(31)14-19)9-11-34-18-21-3-7-25(33-2)8-4-21/h3-8,14-15,17,22,26,29H,9-13,16,18H2,1-2H3/b6-5+,20-15+,23-17+/t22-,26+/m1/s1. The Morgan fingerprint density at radius 1 is 1.06 bits per heavy atom. The second-order valence-corrected chi connectivity index (χ2v) is 8.84. The van der Waals surface area contributed by atoms with E-state index in [0.717, 1.165) is 28.5 Å². The van der Waals surface area contributed by atoms with Gasteiger partial charge in [0.2, 0.25) is 0 Å². The van der Waals surface area contributed by atoms with Crippen LogP contribution in [0.4, 0.5) is 0 Å². The summed E-state index contributed by atoms with van der Waals surface area (Å²) in [4.78, 5) is 37.6. The van der Waals surface area contributed by atoms with E-state index in [1.54, 1.807) is 25.3 Å². The molecule has 2 atom stereocenters. The quantitative estimate of drug-likeness (QED) is 0.470. The molecule has 0 unspecified atom stereocenters. The molecular weight excluding hydrogens is 448 g/mol. The number of carbonyl (C=O) groups is 3. The van der Waals surface area contributed by atoms with Gasteiger partial charge in [-0.05, 0) is 61.6 Å². The Kier molecular flexibility index (Phi) is 9.61. The van der Waals surface area contributed by atoms with Crippen LogP contribution < -0.4 is 4.74 Å². The molecule has 0 radical (unpaired) electrons. The molecule has 1 aliphatic heterocycles. The Labute approximate surface area is 205 Å². The highest BCUT2D eigenvalue weighted by Gasteiger charge is 2.31. The molecule has 1 heterocycles. The number of ether oxygens (including phenoxy) is 3. The molecule has 0 amide bonds. The van der Waals surface area contributed by atoms with E-state index >= 15 is 0 Å². The van der Waals surface area contributed by atoms with Gasteiger partial charge < -0.3 is 19.3 Å². The summed E-state index contributed by atoms with van der Waals surface area (Å²) in [7, 11) is 1.61. The average molecular weight is 481 g/mol. The topological polar surface area (TPSA) is 99.1 Å². The van der Waals surface area contributed by atoms with Crippen LogP contribution in [0.5, 0.6) is 5.75 Å². The zero-order valence-electron chi connectivity index (χ0n) is 20.2. The van der Waals surface area contributed by atoms with Gasteiger partial charge in [-0.25, -0.2) is 4.79 Å². The number of rotatable bonds is 6. The maximum absolute atomic E-state index is 12.9. The van der Waals surface area contributed by atoms with Crippen molar-refractivity contribution in [2.75, 3.05) is 20.3 Å². The predicted molar refractivity (Wildman–Crippen MR) is 131 cm³/mol. The molecule has 3 rings (SSSR count). The van der Waals surface area contributed by atoms with Crippen LogP contribution in [-0.2, 0) is 30.5 Å². The maximum Gasteiger partial charge on any atom is 0.334 e. The number of fused-ring (bicyclic) bond motifs is 1. The molecule has 1 aromatic carbocycles. The molecule has 35 heavy (non-hydrogen) atoms. The molecule has 186 valence electrons. The van der Waals surface area contributed by atoms with Crippen molar-refractivity contribution in [3.8, 4) is 5.75 Å². The van der Waals surface area contributed by atoms with Gasteiger partial charge in [0.25, 0.3) is 0 Å². The minimum Gasteiger partial charge on any atom is -0.508 e. The third-order valence-electron chi connectivity index (χ3n) is 6.06. The van der Waals surface area contributed by atoms with Crippen LogP contribution in [0, 0.1) is 11.8 Å². The minimum atomic E-state index is -0.669. The van der Waals surface area contributed by atoms with Crippen LogP contribution in [0.2, 0.25) is 0 Å². The molecule has 1 aliphatic carbocycles. The van der Waals surface area contributed by atoms with E-state index in [1.165, 1.54) is 6.08 Å². The summed E-state index contributed by atoms with van der Waals surface area (Å²) in [5.74, 6) is -1.13. The Morgan fingerprint density at radius 3 is 2.57 bits per heavy atom. The summed E-state index contributed by atoms with van der Waals surface area (Å²) in [6.07, 6.45) is 8.77. The highest BCUT2D eigenvalue weighted by Crippen LogP contribution is 2.31. The summed E-state index contributed by atoms with van der Waals surface area (Å²) in [5.41, 5.74) is 2.70. The Bertz CT molecular complexity index is 1040. The molecular formula is C28H32O7. The zero-order chi connectivity index (χ0) is 25.2. The van der Waals surface area contributed by atoms with Gasteiger partial charge in [0.15, 0.2) is 11.6 Å². The number of benzene rings is 1. The van der Waals surface area contributed by atoms with Gasteiger partial charge in [0.05, 0.1) is 33.0 Å². The third kappa shape index (κ3) is 8.37. The number of methoxy groups -OCH3 is 1. The normalized spacial score (nSPS) is 25.7. The highest BCUT2D eigenvalue weighted by molar-refractivity contribution is 5.99. The van der Waals surface area contributed by atoms with E-state index in [9.17, 15) is 19.5 Å². The van der Waals surface area contributed by atoms with Crippen molar-refractivity contribution in [3.63, 3.8) is 0 Å². The van der Waals surface area contributed by atoms with E-state index in [1.807, 2.05) is 31.2 Å². The summed E-state index contributed by atoms with van der Waals surface area (Å²) in [6.45, 7) is 2.74. The lowest BCUT2D eigenvalue weighted by molar-refractivity contribution is -0.137. The molecule has 0 saturated heterocycles. The summed E-state index contributed by atoms with van der Waals surface area (Å²) >= 11 is 0. The van der Waals surface area contributed by atoms with Crippen LogP contribution in [0.3, 0.4) is 0 Å². The fourth-order valence-electron chi connectivity index (χ4n) is 4.19. The molecule has 1 aromatic rings. The van der Waals surface area contributed by atoms with Crippen molar-refractivity contribution in [2.24, 2.45) is 11.8 Å². The second-order valence-electron chi connectivity index (χ2n) is 8.84. The smallest absolute Gasteiger partial charge is 0.334 e. The number of hydrogen-bond donors (Lipinski definition) is 1. The fourth-order valence-corrected chi connectivity index (χ4v) is 4.19. The van der Waals surface area contributed by atoms with Gasteiger partial charge in [-0.2, -0.15) is 0 Å². The van der Waals surface area contributed by atoms with Crippen molar-refractivity contribution in [2.45, 2.75) is 39.2 Å². The maximum atomic E-state index is 12.9. The Hall–Kier alpha value is -3.45. The molecule has 0 spiro atoms. The van der Waals surface area contributed by atoms with E-state index < -0.39 is 11.9 Å².